The predicted molar refractivity (Wildman–Crippen MR) is 85.0 cm³/mol. The summed E-state index contributed by atoms with van der Waals surface area (Å²) in [6, 6.07) is 0. The molecule has 0 aromatic heterocycles. The second-order valence-electron chi connectivity index (χ2n) is 7.84. The zero-order chi connectivity index (χ0) is 19.6. The summed E-state index contributed by atoms with van der Waals surface area (Å²) >= 11 is 0. The smallest absolute Gasteiger partial charge is 0.336 e. The molecule has 0 radical (unpaired) electrons. The lowest BCUT2D eigenvalue weighted by molar-refractivity contribution is -0.849. The standard InChI is InChI=1S/C6H8O7.2C4H12N/c7-3(8)1-6(13,5(11)12)2-4(9)10;2*1-5(2,3)4/h13H,1-2H2,(H,7,8)(H,9,10)(H,11,12);2*1-4H3/q;2*+1. The van der Waals surface area contributed by atoms with E-state index in [0.29, 0.717) is 0 Å². The number of carboxylic acid groups (broad SMARTS) is 3. The number of rotatable bonds is 5. The fourth-order valence-electron chi connectivity index (χ4n) is 0.714. The first-order valence-electron chi connectivity index (χ1n) is 6.75. The van der Waals surface area contributed by atoms with E-state index in [2.05, 4.69) is 56.4 Å². The summed E-state index contributed by atoms with van der Waals surface area (Å²) < 4.78 is 2.00. The van der Waals surface area contributed by atoms with Crippen molar-refractivity contribution in [2.24, 2.45) is 0 Å². The Labute approximate surface area is 137 Å². The van der Waals surface area contributed by atoms with Crippen LogP contribution in [-0.4, -0.2) is 109 Å². The summed E-state index contributed by atoms with van der Waals surface area (Å²) in [6.45, 7) is 0. The van der Waals surface area contributed by atoms with Crippen molar-refractivity contribution in [3.05, 3.63) is 0 Å². The second-order valence-corrected chi connectivity index (χ2v) is 7.84. The van der Waals surface area contributed by atoms with Gasteiger partial charge in [0.15, 0.2) is 5.60 Å². The Morgan fingerprint density at radius 1 is 0.696 bits per heavy atom. The maximum Gasteiger partial charge on any atom is 0.336 e. The lowest BCUT2D eigenvalue weighted by atomic mass is 9.96. The van der Waals surface area contributed by atoms with Crippen LogP contribution in [0.5, 0.6) is 0 Å². The summed E-state index contributed by atoms with van der Waals surface area (Å²) in [7, 11) is 17.0. The Hall–Kier alpha value is -1.71. The van der Waals surface area contributed by atoms with E-state index in [4.69, 9.17) is 20.4 Å². The van der Waals surface area contributed by atoms with Gasteiger partial charge in [0.1, 0.15) is 0 Å². The minimum absolute atomic E-state index is 1.00. The van der Waals surface area contributed by atoms with Gasteiger partial charge in [0.2, 0.25) is 0 Å². The van der Waals surface area contributed by atoms with E-state index >= 15 is 0 Å². The van der Waals surface area contributed by atoms with E-state index in [1.165, 1.54) is 0 Å². The number of carbonyl (C=O) groups is 3. The molecule has 0 spiro atoms. The van der Waals surface area contributed by atoms with Crippen molar-refractivity contribution >= 4 is 17.9 Å². The summed E-state index contributed by atoms with van der Waals surface area (Å²) in [5.41, 5.74) is -2.74. The molecule has 0 bridgehead atoms. The minimum Gasteiger partial charge on any atom is -0.481 e. The third-order valence-corrected chi connectivity index (χ3v) is 1.29. The van der Waals surface area contributed by atoms with Gasteiger partial charge < -0.3 is 29.4 Å². The average molecular weight is 340 g/mol. The van der Waals surface area contributed by atoms with Crippen molar-refractivity contribution in [2.75, 3.05) is 56.4 Å². The molecule has 0 fully saturated rings. The maximum atomic E-state index is 10.3. The van der Waals surface area contributed by atoms with Gasteiger partial charge in [-0.3, -0.25) is 9.59 Å². The zero-order valence-corrected chi connectivity index (χ0v) is 15.3. The summed E-state index contributed by atoms with van der Waals surface area (Å²) in [4.78, 5) is 30.5. The highest BCUT2D eigenvalue weighted by molar-refractivity contribution is 5.88. The van der Waals surface area contributed by atoms with Gasteiger partial charge in [-0.05, 0) is 0 Å². The molecular weight excluding hydrogens is 308 g/mol. The molecule has 0 unspecified atom stereocenters. The van der Waals surface area contributed by atoms with Crippen molar-refractivity contribution in [3.8, 4) is 0 Å². The third-order valence-electron chi connectivity index (χ3n) is 1.29. The van der Waals surface area contributed by atoms with E-state index < -0.39 is 36.4 Å². The molecule has 0 rings (SSSR count). The van der Waals surface area contributed by atoms with Gasteiger partial charge in [-0.1, -0.05) is 0 Å². The molecule has 0 aromatic carbocycles. The number of hydrogen-bond acceptors (Lipinski definition) is 4. The molecule has 23 heavy (non-hydrogen) atoms. The molecule has 9 nitrogen and oxygen atoms in total. The molecule has 0 aromatic rings. The van der Waals surface area contributed by atoms with Crippen LogP contribution < -0.4 is 0 Å². The van der Waals surface area contributed by atoms with Gasteiger partial charge in [0, 0.05) is 0 Å². The van der Waals surface area contributed by atoms with Crippen LogP contribution >= 0.6 is 0 Å². The predicted octanol–water partition coefficient (Wildman–Crippen LogP) is -0.604. The maximum absolute atomic E-state index is 10.3. The van der Waals surface area contributed by atoms with Gasteiger partial charge >= 0.3 is 17.9 Å². The first-order valence-corrected chi connectivity index (χ1v) is 6.75. The molecule has 0 atom stereocenters. The fraction of sp³-hybridized carbons (Fsp3) is 0.786. The Bertz CT molecular complexity index is 355. The highest BCUT2D eigenvalue weighted by Crippen LogP contribution is 2.15. The Morgan fingerprint density at radius 3 is 0.957 bits per heavy atom. The molecule has 0 aliphatic carbocycles. The van der Waals surface area contributed by atoms with Crippen molar-refractivity contribution < 1.29 is 43.8 Å². The van der Waals surface area contributed by atoms with Crippen LogP contribution in [0.2, 0.25) is 0 Å². The fourth-order valence-corrected chi connectivity index (χ4v) is 0.714. The highest BCUT2D eigenvalue weighted by Gasteiger charge is 2.40. The van der Waals surface area contributed by atoms with Gasteiger partial charge in [-0.2, -0.15) is 0 Å². The van der Waals surface area contributed by atoms with Gasteiger partial charge in [-0.15, -0.1) is 0 Å². The quantitative estimate of drug-likeness (QED) is 0.491. The Balaban J connectivity index is -0.000000329. The Morgan fingerprint density at radius 2 is 0.870 bits per heavy atom. The van der Waals surface area contributed by atoms with Crippen LogP contribution in [-0.2, 0) is 14.4 Å². The van der Waals surface area contributed by atoms with Crippen LogP contribution in [0.1, 0.15) is 12.8 Å². The SMILES string of the molecule is C[N+](C)(C)C.C[N+](C)(C)C.O=C(O)CC(O)(CC(=O)O)C(=O)O. The van der Waals surface area contributed by atoms with Crippen molar-refractivity contribution in [2.45, 2.75) is 18.4 Å². The topological polar surface area (TPSA) is 132 Å². The number of hydrogen-bond donors (Lipinski definition) is 4. The van der Waals surface area contributed by atoms with Crippen molar-refractivity contribution in [1.82, 2.24) is 0 Å². The minimum atomic E-state index is -2.74. The van der Waals surface area contributed by atoms with Gasteiger partial charge in [0.05, 0.1) is 69.2 Å². The van der Waals surface area contributed by atoms with E-state index in [1.807, 2.05) is 0 Å². The largest absolute Gasteiger partial charge is 0.481 e. The lowest BCUT2D eigenvalue weighted by Gasteiger charge is -2.18. The molecule has 0 saturated heterocycles. The highest BCUT2D eigenvalue weighted by atomic mass is 16.4. The number of aliphatic carboxylic acids is 3. The van der Waals surface area contributed by atoms with Crippen LogP contribution in [0.3, 0.4) is 0 Å². The van der Waals surface area contributed by atoms with Gasteiger partial charge in [-0.25, -0.2) is 4.79 Å². The molecule has 9 heteroatoms. The third kappa shape index (κ3) is 33.2. The summed E-state index contributed by atoms with van der Waals surface area (Å²) in [5, 5.41) is 33.8. The summed E-state index contributed by atoms with van der Waals surface area (Å²) in [5.74, 6) is -5.02. The number of quaternary nitrogens is 2. The first-order chi connectivity index (χ1) is 9.78. The van der Waals surface area contributed by atoms with Crippen LogP contribution in [0, 0.1) is 0 Å². The van der Waals surface area contributed by atoms with Crippen LogP contribution in [0.15, 0.2) is 0 Å². The number of nitrogens with zero attached hydrogens (tertiary/aromatic N) is 2. The molecular formula is C14H32N2O7+2. The Kier molecular flexibility index (Phi) is 11.5. The second kappa shape index (κ2) is 10.1. The van der Waals surface area contributed by atoms with Crippen LogP contribution in [0.4, 0.5) is 0 Å². The lowest BCUT2D eigenvalue weighted by Crippen LogP contribution is -2.42. The molecule has 0 heterocycles. The molecule has 4 N–H and O–H groups in total. The van der Waals surface area contributed by atoms with E-state index in [-0.39, 0.29) is 0 Å². The van der Waals surface area contributed by atoms with Crippen molar-refractivity contribution in [1.29, 1.82) is 0 Å². The molecule has 0 aliphatic rings. The van der Waals surface area contributed by atoms with E-state index in [1.54, 1.807) is 0 Å². The first kappa shape index (κ1) is 26.2. The van der Waals surface area contributed by atoms with Crippen molar-refractivity contribution in [3.63, 3.8) is 0 Å². The van der Waals surface area contributed by atoms with Crippen LogP contribution in [0.25, 0.3) is 0 Å². The van der Waals surface area contributed by atoms with E-state index in [0.717, 1.165) is 8.97 Å². The monoisotopic (exact) mass is 340 g/mol. The normalized spacial score (nSPS) is 11.3. The molecule has 0 aliphatic heterocycles. The summed E-state index contributed by atoms with van der Waals surface area (Å²) in [6.07, 6.45) is -2.29. The number of carboxylic acids is 3. The molecule has 138 valence electrons. The zero-order valence-electron chi connectivity index (χ0n) is 15.3. The molecule has 0 amide bonds. The van der Waals surface area contributed by atoms with E-state index in [9.17, 15) is 14.4 Å². The average Bonchev–Trinajstić information content (AvgIpc) is 2.07. The molecule has 0 saturated carbocycles. The van der Waals surface area contributed by atoms with Gasteiger partial charge in [0.25, 0.3) is 0 Å². The number of aliphatic hydroxyl groups is 1.